The molecule has 7 aromatic heterocycles. The topological polar surface area (TPSA) is 61.4 Å². The lowest BCUT2D eigenvalue weighted by molar-refractivity contribution is 0.999. The Kier molecular flexibility index (Phi) is 8.60. The number of benzene rings is 8. The summed E-state index contributed by atoms with van der Waals surface area (Å²) in [6.07, 6.45) is 0. The van der Waals surface area contributed by atoms with Crippen molar-refractivity contribution in [1.29, 1.82) is 0 Å². The summed E-state index contributed by atoms with van der Waals surface area (Å²) < 4.78 is 9.55. The fourth-order valence-electron chi connectivity index (χ4n) is 10.7. The minimum Gasteiger partial charge on any atom is -0.294 e. The third-order valence-corrected chi connectivity index (χ3v) is 16.2. The summed E-state index contributed by atoms with van der Waals surface area (Å²) in [5.74, 6) is 1.43. The van der Waals surface area contributed by atoms with E-state index in [1.807, 2.05) is 53.0 Å². The molecule has 0 amide bonds. The van der Waals surface area contributed by atoms with Crippen LogP contribution < -0.4 is 0 Å². The predicted molar refractivity (Wildman–Crippen MR) is 294 cm³/mol. The summed E-state index contributed by atoms with van der Waals surface area (Å²) in [6, 6.07) is 77.4. The molecular formula is C62H36N6S2. The van der Waals surface area contributed by atoms with Gasteiger partial charge in [-0.15, -0.1) is 22.7 Å². The highest BCUT2D eigenvalue weighted by Crippen LogP contribution is 2.45. The first-order valence-corrected chi connectivity index (χ1v) is 25.0. The van der Waals surface area contributed by atoms with Crippen LogP contribution in [0.5, 0.6) is 0 Å². The zero-order valence-corrected chi connectivity index (χ0v) is 38.9. The van der Waals surface area contributed by atoms with Gasteiger partial charge < -0.3 is 0 Å². The van der Waals surface area contributed by atoms with E-state index in [1.54, 1.807) is 0 Å². The Bertz CT molecular complexity index is 4480. The van der Waals surface area contributed by atoms with Crippen LogP contribution in [0.4, 0.5) is 0 Å². The average Bonchev–Trinajstić information content (AvgIpc) is 4.19. The van der Waals surface area contributed by atoms with Gasteiger partial charge in [0.05, 0.1) is 50.5 Å². The minimum atomic E-state index is 0.615. The molecule has 15 aromatic rings. The quantitative estimate of drug-likeness (QED) is 0.167. The molecular weight excluding hydrogens is 893 g/mol. The van der Waals surface area contributed by atoms with Crippen molar-refractivity contribution in [2.75, 3.05) is 0 Å². The van der Waals surface area contributed by atoms with E-state index in [0.29, 0.717) is 5.95 Å². The molecule has 15 rings (SSSR count). The first-order valence-electron chi connectivity index (χ1n) is 23.4. The molecule has 0 aliphatic heterocycles. The lowest BCUT2D eigenvalue weighted by Crippen LogP contribution is -2.04. The van der Waals surface area contributed by atoms with Crippen LogP contribution in [0, 0.1) is 0 Å². The normalized spacial score (nSPS) is 12.0. The van der Waals surface area contributed by atoms with Gasteiger partial charge in [-0.1, -0.05) is 158 Å². The van der Waals surface area contributed by atoms with Gasteiger partial charge >= 0.3 is 0 Å². The monoisotopic (exact) mass is 928 g/mol. The fraction of sp³-hybridized carbons (Fsp3) is 0. The molecule has 0 aliphatic carbocycles. The van der Waals surface area contributed by atoms with Crippen LogP contribution in [0.1, 0.15) is 0 Å². The standard InChI is InChI=1S/C62H36N6S2/c1-2-16-37(17-3-1)47-26-14-27-48(63-47)49-28-15-33-57(64-49)67-53-30-9-5-21-46(53)58-54(67)35-34-41-38-18-4-8-29-52(38)68(59(41)58)62-65-50(44-24-12-22-42-39-19-6-10-31-55(39)69-60(42)44)36-51(66-62)45-25-13-23-43-40-20-7-11-32-56(40)70-61(43)45/h1-36H. The molecule has 0 spiro atoms. The van der Waals surface area contributed by atoms with Gasteiger partial charge in [0.25, 0.3) is 0 Å². The smallest absolute Gasteiger partial charge is 0.235 e. The van der Waals surface area contributed by atoms with Crippen molar-refractivity contribution in [2.24, 2.45) is 0 Å². The fourth-order valence-corrected chi connectivity index (χ4v) is 13.2. The number of fused-ring (bicyclic) bond motifs is 13. The number of nitrogens with zero attached hydrogens (tertiary/aromatic N) is 6. The first-order chi connectivity index (χ1) is 34.7. The molecule has 0 radical (unpaired) electrons. The Morgan fingerprint density at radius 3 is 1.53 bits per heavy atom. The van der Waals surface area contributed by atoms with E-state index < -0.39 is 0 Å². The van der Waals surface area contributed by atoms with Crippen LogP contribution in [-0.4, -0.2) is 29.1 Å². The van der Waals surface area contributed by atoms with E-state index in [4.69, 9.17) is 19.9 Å². The second kappa shape index (κ2) is 15.3. The van der Waals surface area contributed by atoms with Gasteiger partial charge in [0, 0.05) is 78.6 Å². The largest absolute Gasteiger partial charge is 0.294 e. The highest BCUT2D eigenvalue weighted by atomic mass is 32.1. The number of thiophene rings is 2. The molecule has 0 fully saturated rings. The minimum absolute atomic E-state index is 0.615. The van der Waals surface area contributed by atoms with Gasteiger partial charge in [-0.05, 0) is 60.7 Å². The highest BCUT2D eigenvalue weighted by Gasteiger charge is 2.25. The zero-order valence-electron chi connectivity index (χ0n) is 37.3. The molecule has 0 atom stereocenters. The SMILES string of the molecule is c1ccc(-c2cccc(-c3cccc(-n4c5ccccc5c5c4ccc4c6ccccc6n(-c6nc(-c7cccc8c7sc7ccccc78)cc(-c7cccc8c7sc7ccccc78)n6)c45)n3)n2)cc1. The van der Waals surface area contributed by atoms with Crippen molar-refractivity contribution in [1.82, 2.24) is 29.1 Å². The Balaban J connectivity index is 1.01. The van der Waals surface area contributed by atoms with E-state index in [9.17, 15) is 0 Å². The van der Waals surface area contributed by atoms with Crippen molar-refractivity contribution in [3.63, 3.8) is 0 Å². The lowest BCUT2D eigenvalue weighted by Gasteiger charge is -2.13. The van der Waals surface area contributed by atoms with Crippen molar-refractivity contribution >= 4 is 107 Å². The number of aromatic nitrogens is 6. The summed E-state index contributed by atoms with van der Waals surface area (Å²) in [5.41, 5.74) is 11.7. The number of hydrogen-bond donors (Lipinski definition) is 0. The summed E-state index contributed by atoms with van der Waals surface area (Å²) in [6.45, 7) is 0. The van der Waals surface area contributed by atoms with E-state index in [1.165, 1.54) is 40.3 Å². The molecule has 326 valence electrons. The van der Waals surface area contributed by atoms with Crippen LogP contribution in [0.2, 0.25) is 0 Å². The van der Waals surface area contributed by atoms with Gasteiger partial charge in [0.1, 0.15) is 5.82 Å². The van der Waals surface area contributed by atoms with E-state index in [-0.39, 0.29) is 0 Å². The van der Waals surface area contributed by atoms with Crippen LogP contribution >= 0.6 is 22.7 Å². The van der Waals surface area contributed by atoms with Crippen LogP contribution in [-0.2, 0) is 0 Å². The second-order valence-corrected chi connectivity index (χ2v) is 19.8. The number of hydrogen-bond acceptors (Lipinski definition) is 6. The summed E-state index contributed by atoms with van der Waals surface area (Å²) in [5, 5.41) is 9.46. The van der Waals surface area contributed by atoms with Crippen molar-refractivity contribution in [3.05, 3.63) is 218 Å². The average molecular weight is 929 g/mol. The lowest BCUT2D eigenvalue weighted by atomic mass is 10.0. The van der Waals surface area contributed by atoms with Crippen molar-refractivity contribution in [2.45, 2.75) is 0 Å². The van der Waals surface area contributed by atoms with E-state index in [0.717, 1.165) is 94.6 Å². The molecule has 0 saturated heterocycles. The summed E-state index contributed by atoms with van der Waals surface area (Å²) >= 11 is 3.65. The van der Waals surface area contributed by atoms with Crippen molar-refractivity contribution < 1.29 is 0 Å². The molecule has 0 bridgehead atoms. The Morgan fingerprint density at radius 1 is 0.314 bits per heavy atom. The van der Waals surface area contributed by atoms with Crippen molar-refractivity contribution in [3.8, 4) is 56.9 Å². The maximum atomic E-state index is 5.68. The summed E-state index contributed by atoms with van der Waals surface area (Å²) in [4.78, 5) is 21.8. The Morgan fingerprint density at radius 2 is 0.843 bits per heavy atom. The number of rotatable bonds is 6. The maximum Gasteiger partial charge on any atom is 0.235 e. The van der Waals surface area contributed by atoms with Crippen LogP contribution in [0.25, 0.3) is 141 Å². The molecule has 7 heterocycles. The molecule has 6 nitrogen and oxygen atoms in total. The molecule has 0 N–H and O–H groups in total. The van der Waals surface area contributed by atoms with Crippen LogP contribution in [0.3, 0.4) is 0 Å². The second-order valence-electron chi connectivity index (χ2n) is 17.7. The first kappa shape index (κ1) is 39.2. The predicted octanol–water partition coefficient (Wildman–Crippen LogP) is 16.9. The Labute approximate surface area is 408 Å². The third-order valence-electron chi connectivity index (χ3n) is 13.8. The molecule has 70 heavy (non-hydrogen) atoms. The van der Waals surface area contributed by atoms with Gasteiger partial charge in [-0.2, -0.15) is 0 Å². The van der Waals surface area contributed by atoms with E-state index >= 15 is 0 Å². The van der Waals surface area contributed by atoms with Gasteiger partial charge in [0.15, 0.2) is 0 Å². The van der Waals surface area contributed by atoms with Gasteiger partial charge in [-0.25, -0.2) is 19.9 Å². The Hall–Kier alpha value is -8.82. The highest BCUT2D eigenvalue weighted by molar-refractivity contribution is 7.26. The molecule has 8 heteroatoms. The van der Waals surface area contributed by atoms with Gasteiger partial charge in [0.2, 0.25) is 5.95 Å². The third kappa shape index (κ3) is 5.91. The molecule has 8 aromatic carbocycles. The molecule has 0 saturated carbocycles. The summed E-state index contributed by atoms with van der Waals surface area (Å²) in [7, 11) is 0. The zero-order chi connectivity index (χ0) is 45.9. The molecule has 0 unspecified atom stereocenters. The molecule has 0 aliphatic rings. The van der Waals surface area contributed by atoms with E-state index in [2.05, 4.69) is 197 Å². The maximum absolute atomic E-state index is 5.68. The number of pyridine rings is 2. The van der Waals surface area contributed by atoms with Gasteiger partial charge in [-0.3, -0.25) is 9.13 Å². The number of para-hydroxylation sites is 2. The van der Waals surface area contributed by atoms with Crippen LogP contribution in [0.15, 0.2) is 218 Å².